The molecule has 6 heteroatoms. The highest BCUT2D eigenvalue weighted by Gasteiger charge is 2.34. The molecule has 2 aromatic rings. The topological polar surface area (TPSA) is 58.6 Å². The van der Waals surface area contributed by atoms with Gasteiger partial charge >= 0.3 is 0 Å². The average Bonchev–Trinajstić information content (AvgIpc) is 2.62. The van der Waals surface area contributed by atoms with E-state index >= 15 is 0 Å². The number of amides is 2. The first kappa shape index (κ1) is 17.3. The summed E-state index contributed by atoms with van der Waals surface area (Å²) >= 11 is 5.91. The minimum Gasteiger partial charge on any atom is -0.484 e. The molecule has 0 saturated carbocycles. The molecule has 25 heavy (non-hydrogen) atoms. The van der Waals surface area contributed by atoms with Gasteiger partial charge in [-0.1, -0.05) is 41.4 Å². The lowest BCUT2D eigenvalue weighted by Crippen LogP contribution is -2.53. The number of carbonyl (C=O) groups is 2. The van der Waals surface area contributed by atoms with Gasteiger partial charge in [0.15, 0.2) is 6.61 Å². The summed E-state index contributed by atoms with van der Waals surface area (Å²) in [7, 11) is 0. The summed E-state index contributed by atoms with van der Waals surface area (Å²) in [4.78, 5) is 26.5. The third kappa shape index (κ3) is 4.12. The second-order valence-corrected chi connectivity index (χ2v) is 6.37. The molecule has 0 bridgehead atoms. The van der Waals surface area contributed by atoms with Crippen LogP contribution in [0.5, 0.6) is 5.75 Å². The first-order chi connectivity index (χ1) is 12.0. The van der Waals surface area contributed by atoms with Crippen LogP contribution in [0.4, 0.5) is 0 Å². The molecule has 1 heterocycles. The Hall–Kier alpha value is -2.53. The quantitative estimate of drug-likeness (QED) is 0.914. The molecule has 1 unspecified atom stereocenters. The van der Waals surface area contributed by atoms with Crippen molar-refractivity contribution >= 4 is 23.4 Å². The summed E-state index contributed by atoms with van der Waals surface area (Å²) in [6, 6.07) is 13.8. The van der Waals surface area contributed by atoms with E-state index in [0.717, 1.165) is 11.1 Å². The minimum atomic E-state index is -0.667. The first-order valence-corrected chi connectivity index (χ1v) is 8.44. The van der Waals surface area contributed by atoms with Crippen LogP contribution in [-0.2, 0) is 9.59 Å². The monoisotopic (exact) mass is 358 g/mol. The molecule has 1 fully saturated rings. The number of hydrogen-bond acceptors (Lipinski definition) is 3. The number of rotatable bonds is 4. The number of benzene rings is 2. The van der Waals surface area contributed by atoms with Crippen molar-refractivity contribution in [1.29, 1.82) is 0 Å². The van der Waals surface area contributed by atoms with Crippen LogP contribution < -0.4 is 10.1 Å². The van der Waals surface area contributed by atoms with Crippen LogP contribution in [0.15, 0.2) is 48.5 Å². The van der Waals surface area contributed by atoms with Crippen molar-refractivity contribution < 1.29 is 14.3 Å². The molecule has 130 valence electrons. The van der Waals surface area contributed by atoms with Gasteiger partial charge in [0, 0.05) is 18.1 Å². The highest BCUT2D eigenvalue weighted by molar-refractivity contribution is 6.30. The molecule has 2 aromatic carbocycles. The van der Waals surface area contributed by atoms with E-state index in [1.807, 2.05) is 31.2 Å². The highest BCUT2D eigenvalue weighted by atomic mass is 35.5. The lowest BCUT2D eigenvalue weighted by Gasteiger charge is -2.35. The van der Waals surface area contributed by atoms with Crippen LogP contribution in [0.25, 0.3) is 0 Å². The highest BCUT2D eigenvalue weighted by Crippen LogP contribution is 2.25. The van der Waals surface area contributed by atoms with Crippen molar-refractivity contribution in [3.63, 3.8) is 0 Å². The summed E-state index contributed by atoms with van der Waals surface area (Å²) in [5, 5.41) is 3.39. The number of piperazine rings is 1. The van der Waals surface area contributed by atoms with Crippen LogP contribution in [0, 0.1) is 6.92 Å². The van der Waals surface area contributed by atoms with Crippen molar-refractivity contribution in [3.8, 4) is 5.75 Å². The lowest BCUT2D eigenvalue weighted by atomic mass is 10.0. The maximum atomic E-state index is 12.6. The van der Waals surface area contributed by atoms with Crippen LogP contribution >= 0.6 is 11.6 Å². The largest absolute Gasteiger partial charge is 0.484 e. The Kier molecular flexibility index (Phi) is 5.24. The molecule has 2 amide bonds. The Morgan fingerprint density at radius 2 is 1.88 bits per heavy atom. The number of nitrogens with zero attached hydrogens (tertiary/aromatic N) is 1. The number of halogens is 1. The molecule has 0 spiro atoms. The standard InChI is InChI=1S/C19H19ClN2O3/c1-13-2-8-16(9-3-13)25-12-17(23)22-11-10-21-19(24)18(22)14-4-6-15(20)7-5-14/h2-9,18H,10-12H2,1H3,(H,21,24). The predicted octanol–water partition coefficient (Wildman–Crippen LogP) is 2.73. The fourth-order valence-corrected chi connectivity index (χ4v) is 2.90. The van der Waals surface area contributed by atoms with Gasteiger partial charge in [0.25, 0.3) is 5.91 Å². The Balaban J connectivity index is 1.73. The Bertz CT molecular complexity index is 759. The van der Waals surface area contributed by atoms with Gasteiger partial charge in [-0.2, -0.15) is 0 Å². The molecule has 1 aliphatic rings. The fraction of sp³-hybridized carbons (Fsp3) is 0.263. The summed E-state index contributed by atoms with van der Waals surface area (Å²) < 4.78 is 5.57. The van der Waals surface area contributed by atoms with Gasteiger partial charge < -0.3 is 15.0 Å². The molecule has 3 rings (SSSR count). The van der Waals surface area contributed by atoms with Gasteiger partial charge in [-0.05, 0) is 36.8 Å². The third-order valence-corrected chi connectivity index (χ3v) is 4.35. The second-order valence-electron chi connectivity index (χ2n) is 5.93. The fourth-order valence-electron chi connectivity index (χ4n) is 2.77. The van der Waals surface area contributed by atoms with E-state index in [9.17, 15) is 9.59 Å². The van der Waals surface area contributed by atoms with Crippen molar-refractivity contribution in [2.45, 2.75) is 13.0 Å². The van der Waals surface area contributed by atoms with E-state index in [2.05, 4.69) is 5.32 Å². The molecule has 1 aliphatic heterocycles. The van der Waals surface area contributed by atoms with Gasteiger partial charge in [-0.15, -0.1) is 0 Å². The Labute approximate surface area is 151 Å². The Morgan fingerprint density at radius 1 is 1.20 bits per heavy atom. The van der Waals surface area contributed by atoms with E-state index in [0.29, 0.717) is 23.9 Å². The Morgan fingerprint density at radius 3 is 2.56 bits per heavy atom. The summed E-state index contributed by atoms with van der Waals surface area (Å²) in [6.45, 7) is 2.74. The smallest absolute Gasteiger partial charge is 0.261 e. The molecule has 1 saturated heterocycles. The number of ether oxygens (including phenoxy) is 1. The van der Waals surface area contributed by atoms with Crippen LogP contribution in [-0.4, -0.2) is 36.4 Å². The van der Waals surface area contributed by atoms with Crippen LogP contribution in [0.1, 0.15) is 17.2 Å². The minimum absolute atomic E-state index is 0.111. The van der Waals surface area contributed by atoms with E-state index in [1.54, 1.807) is 29.2 Å². The zero-order valence-electron chi connectivity index (χ0n) is 13.9. The summed E-state index contributed by atoms with van der Waals surface area (Å²) in [6.07, 6.45) is 0. The molecule has 0 radical (unpaired) electrons. The van der Waals surface area contributed by atoms with Gasteiger partial charge in [0.2, 0.25) is 5.91 Å². The van der Waals surface area contributed by atoms with E-state index in [4.69, 9.17) is 16.3 Å². The lowest BCUT2D eigenvalue weighted by molar-refractivity contribution is -0.145. The van der Waals surface area contributed by atoms with Gasteiger partial charge in [-0.25, -0.2) is 0 Å². The van der Waals surface area contributed by atoms with Gasteiger partial charge in [0.1, 0.15) is 11.8 Å². The summed E-state index contributed by atoms with van der Waals surface area (Å²) in [5.74, 6) is 0.205. The zero-order valence-corrected chi connectivity index (χ0v) is 14.6. The van der Waals surface area contributed by atoms with E-state index in [1.165, 1.54) is 0 Å². The van der Waals surface area contributed by atoms with Crippen molar-refractivity contribution in [2.75, 3.05) is 19.7 Å². The number of nitrogens with one attached hydrogen (secondary N) is 1. The number of hydrogen-bond donors (Lipinski definition) is 1. The molecular formula is C19H19ClN2O3. The number of carbonyl (C=O) groups excluding carboxylic acids is 2. The summed E-state index contributed by atoms with van der Waals surface area (Å²) in [5.41, 5.74) is 1.85. The van der Waals surface area contributed by atoms with Gasteiger partial charge in [0.05, 0.1) is 0 Å². The zero-order chi connectivity index (χ0) is 17.8. The second kappa shape index (κ2) is 7.57. The molecular weight excluding hydrogens is 340 g/mol. The molecule has 1 atom stereocenters. The average molecular weight is 359 g/mol. The van der Waals surface area contributed by atoms with Crippen molar-refractivity contribution in [1.82, 2.24) is 10.2 Å². The van der Waals surface area contributed by atoms with Crippen LogP contribution in [0.3, 0.4) is 0 Å². The normalized spacial score (nSPS) is 17.1. The van der Waals surface area contributed by atoms with Crippen LogP contribution in [0.2, 0.25) is 5.02 Å². The molecule has 0 aliphatic carbocycles. The molecule has 0 aromatic heterocycles. The van der Waals surface area contributed by atoms with E-state index < -0.39 is 6.04 Å². The number of aryl methyl sites for hydroxylation is 1. The van der Waals surface area contributed by atoms with Gasteiger partial charge in [-0.3, -0.25) is 9.59 Å². The van der Waals surface area contributed by atoms with E-state index in [-0.39, 0.29) is 18.4 Å². The SMILES string of the molecule is Cc1ccc(OCC(=O)N2CCNC(=O)C2c2ccc(Cl)cc2)cc1. The molecule has 5 nitrogen and oxygen atoms in total. The maximum Gasteiger partial charge on any atom is 0.261 e. The maximum absolute atomic E-state index is 12.6. The van der Waals surface area contributed by atoms with Crippen molar-refractivity contribution in [3.05, 3.63) is 64.7 Å². The molecule has 1 N–H and O–H groups in total. The first-order valence-electron chi connectivity index (χ1n) is 8.07. The third-order valence-electron chi connectivity index (χ3n) is 4.10. The predicted molar refractivity (Wildman–Crippen MR) is 95.6 cm³/mol. The van der Waals surface area contributed by atoms with Crippen molar-refractivity contribution in [2.24, 2.45) is 0 Å².